The van der Waals surface area contributed by atoms with Crippen LogP contribution in [0.1, 0.15) is 13.3 Å². The highest BCUT2D eigenvalue weighted by molar-refractivity contribution is 7.99. The lowest BCUT2D eigenvalue weighted by atomic mass is 10.3. The Balaban J connectivity index is 2.37. The molecule has 0 amide bonds. The number of nitrogens with two attached hydrogens (primary N) is 1. The Bertz CT molecular complexity index is 668. The number of benzene rings is 1. The molecule has 0 radical (unpaired) electrons. The molecular weight excluding hydrogens is 283 g/mol. The van der Waals surface area contributed by atoms with E-state index in [1.165, 1.54) is 23.8 Å². The van der Waals surface area contributed by atoms with E-state index in [-0.39, 0.29) is 11.4 Å². The van der Waals surface area contributed by atoms with Crippen LogP contribution in [0.3, 0.4) is 0 Å². The van der Waals surface area contributed by atoms with Crippen LogP contribution in [0.15, 0.2) is 27.0 Å². The van der Waals surface area contributed by atoms with Gasteiger partial charge in [-0.15, -0.1) is 5.10 Å². The Labute approximate surface area is 119 Å². The largest absolute Gasteiger partial charge is 0.495 e. The number of rotatable bonds is 5. The van der Waals surface area contributed by atoms with Crippen LogP contribution >= 0.6 is 11.8 Å². The molecule has 0 aliphatic rings. The van der Waals surface area contributed by atoms with Gasteiger partial charge in [0.15, 0.2) is 5.16 Å². The normalized spacial score (nSPS) is 10.8. The van der Waals surface area contributed by atoms with E-state index in [0.29, 0.717) is 22.3 Å². The maximum atomic E-state index is 13.9. The maximum absolute atomic E-state index is 13.9. The minimum Gasteiger partial charge on any atom is -0.495 e. The van der Waals surface area contributed by atoms with Crippen LogP contribution in [0.4, 0.5) is 10.1 Å². The molecule has 1 heterocycles. The molecule has 108 valence electrons. The summed E-state index contributed by atoms with van der Waals surface area (Å²) in [6.07, 6.45) is 0.778. The first-order chi connectivity index (χ1) is 9.56. The number of methoxy groups -OCH3 is 1. The second kappa shape index (κ2) is 6.00. The summed E-state index contributed by atoms with van der Waals surface area (Å²) in [5.74, 6) is -0.0966. The molecule has 0 bridgehead atoms. The van der Waals surface area contributed by atoms with E-state index in [1.54, 1.807) is 0 Å². The molecule has 1 aromatic heterocycles. The first-order valence-electron chi connectivity index (χ1n) is 6.02. The molecule has 2 rings (SSSR count). The third-order valence-corrected chi connectivity index (χ3v) is 3.68. The average Bonchev–Trinajstić information content (AvgIpc) is 2.75. The van der Waals surface area contributed by atoms with E-state index in [9.17, 15) is 9.18 Å². The van der Waals surface area contributed by atoms with Crippen molar-refractivity contribution in [3.05, 3.63) is 28.4 Å². The molecule has 3 N–H and O–H groups in total. The van der Waals surface area contributed by atoms with Crippen LogP contribution in [-0.2, 0) is 6.54 Å². The summed E-state index contributed by atoms with van der Waals surface area (Å²) in [6, 6.07) is 2.68. The van der Waals surface area contributed by atoms with Gasteiger partial charge in [0.2, 0.25) is 0 Å². The molecular formula is C12H15FN4O2S. The van der Waals surface area contributed by atoms with Gasteiger partial charge < -0.3 is 10.5 Å². The number of H-pyrrole nitrogens is 1. The van der Waals surface area contributed by atoms with Crippen molar-refractivity contribution in [2.45, 2.75) is 29.9 Å². The number of anilines is 1. The Kier molecular flexibility index (Phi) is 4.33. The second-order valence-electron chi connectivity index (χ2n) is 4.09. The Morgan fingerprint density at radius 2 is 2.30 bits per heavy atom. The summed E-state index contributed by atoms with van der Waals surface area (Å²) >= 11 is 1.05. The second-order valence-corrected chi connectivity index (χ2v) is 5.10. The molecule has 0 saturated carbocycles. The van der Waals surface area contributed by atoms with E-state index < -0.39 is 5.82 Å². The summed E-state index contributed by atoms with van der Waals surface area (Å²) < 4.78 is 20.4. The van der Waals surface area contributed by atoms with Crippen molar-refractivity contribution >= 4 is 17.4 Å². The van der Waals surface area contributed by atoms with Crippen LogP contribution in [0.25, 0.3) is 0 Å². The highest BCUT2D eigenvalue weighted by atomic mass is 32.2. The standard InChI is InChI=1S/C12H15FN4O2S/c1-3-4-17-11(18)15-16-12(17)20-10-6-9(19-2)8(14)5-7(10)13/h5-6H,3-4,14H2,1-2H3,(H,15,18). The topological polar surface area (TPSA) is 85.9 Å². The van der Waals surface area contributed by atoms with Gasteiger partial charge in [0, 0.05) is 12.6 Å². The van der Waals surface area contributed by atoms with Crippen LogP contribution in [0, 0.1) is 5.82 Å². The van der Waals surface area contributed by atoms with Gasteiger partial charge in [0.25, 0.3) is 0 Å². The molecule has 1 aromatic carbocycles. The predicted octanol–water partition coefficient (Wildman–Crippen LogP) is 1.86. The maximum Gasteiger partial charge on any atom is 0.343 e. The van der Waals surface area contributed by atoms with E-state index in [4.69, 9.17) is 10.5 Å². The fraction of sp³-hybridized carbons (Fsp3) is 0.333. The summed E-state index contributed by atoms with van der Waals surface area (Å²) in [6.45, 7) is 2.46. The average molecular weight is 298 g/mol. The van der Waals surface area contributed by atoms with Crippen molar-refractivity contribution in [2.75, 3.05) is 12.8 Å². The molecule has 6 nitrogen and oxygen atoms in total. The zero-order chi connectivity index (χ0) is 14.7. The monoisotopic (exact) mass is 298 g/mol. The van der Waals surface area contributed by atoms with Gasteiger partial charge in [-0.1, -0.05) is 6.92 Å². The van der Waals surface area contributed by atoms with E-state index in [0.717, 1.165) is 18.2 Å². The molecule has 0 fully saturated rings. The van der Waals surface area contributed by atoms with E-state index in [1.807, 2.05) is 6.92 Å². The molecule has 0 aliphatic heterocycles. The van der Waals surface area contributed by atoms with Crippen molar-refractivity contribution in [1.29, 1.82) is 0 Å². The third kappa shape index (κ3) is 2.79. The number of aromatic nitrogens is 3. The summed E-state index contributed by atoms with van der Waals surface area (Å²) in [5.41, 5.74) is 5.54. The SMILES string of the molecule is CCCn1c(Sc2cc(OC)c(N)cc2F)n[nH]c1=O. The van der Waals surface area contributed by atoms with Gasteiger partial charge in [-0.25, -0.2) is 14.3 Å². The van der Waals surface area contributed by atoms with Crippen molar-refractivity contribution in [1.82, 2.24) is 14.8 Å². The first-order valence-corrected chi connectivity index (χ1v) is 6.84. The van der Waals surface area contributed by atoms with Gasteiger partial charge >= 0.3 is 5.69 Å². The fourth-order valence-electron chi connectivity index (χ4n) is 1.71. The van der Waals surface area contributed by atoms with E-state index in [2.05, 4.69) is 10.2 Å². The number of hydrogen-bond acceptors (Lipinski definition) is 5. The van der Waals surface area contributed by atoms with Gasteiger partial charge in [-0.3, -0.25) is 4.57 Å². The quantitative estimate of drug-likeness (QED) is 0.823. The number of nitrogen functional groups attached to an aromatic ring is 1. The van der Waals surface area contributed by atoms with Crippen LogP contribution < -0.4 is 16.2 Å². The van der Waals surface area contributed by atoms with Gasteiger partial charge in [-0.05, 0) is 24.2 Å². The predicted molar refractivity (Wildman–Crippen MR) is 74.6 cm³/mol. The van der Waals surface area contributed by atoms with Crippen molar-refractivity contribution in [2.24, 2.45) is 0 Å². The summed E-state index contributed by atoms with van der Waals surface area (Å²) in [4.78, 5) is 11.9. The highest BCUT2D eigenvalue weighted by Gasteiger charge is 2.14. The molecule has 8 heteroatoms. The van der Waals surface area contributed by atoms with Crippen molar-refractivity contribution in [3.8, 4) is 5.75 Å². The van der Waals surface area contributed by atoms with Crippen LogP contribution in [0.2, 0.25) is 0 Å². The minimum atomic E-state index is -0.480. The lowest BCUT2D eigenvalue weighted by molar-refractivity contribution is 0.414. The molecule has 0 atom stereocenters. The van der Waals surface area contributed by atoms with Gasteiger partial charge in [0.1, 0.15) is 11.6 Å². The molecule has 0 unspecified atom stereocenters. The fourth-order valence-corrected chi connectivity index (χ4v) is 2.60. The first kappa shape index (κ1) is 14.4. The summed E-state index contributed by atoms with van der Waals surface area (Å²) in [7, 11) is 1.46. The Morgan fingerprint density at radius 1 is 1.55 bits per heavy atom. The molecule has 20 heavy (non-hydrogen) atoms. The highest BCUT2D eigenvalue weighted by Crippen LogP contribution is 2.34. The van der Waals surface area contributed by atoms with Crippen LogP contribution in [0.5, 0.6) is 5.75 Å². The smallest absolute Gasteiger partial charge is 0.343 e. The number of nitrogens with one attached hydrogen (secondary N) is 1. The zero-order valence-electron chi connectivity index (χ0n) is 11.1. The lowest BCUT2D eigenvalue weighted by Gasteiger charge is -2.09. The minimum absolute atomic E-state index is 0.224. The van der Waals surface area contributed by atoms with Gasteiger partial charge in [-0.2, -0.15) is 0 Å². The zero-order valence-corrected chi connectivity index (χ0v) is 12.0. The molecule has 0 spiro atoms. The molecule has 0 saturated heterocycles. The lowest BCUT2D eigenvalue weighted by Crippen LogP contribution is -2.17. The molecule has 0 aliphatic carbocycles. The van der Waals surface area contributed by atoms with Crippen molar-refractivity contribution in [3.63, 3.8) is 0 Å². The number of nitrogens with zero attached hydrogens (tertiary/aromatic N) is 2. The molecule has 2 aromatic rings. The Morgan fingerprint density at radius 3 is 2.95 bits per heavy atom. The number of ether oxygens (including phenoxy) is 1. The number of halogens is 1. The van der Waals surface area contributed by atoms with Crippen molar-refractivity contribution < 1.29 is 9.13 Å². The number of hydrogen-bond donors (Lipinski definition) is 2. The van der Waals surface area contributed by atoms with E-state index >= 15 is 0 Å². The Hall–Kier alpha value is -1.96. The number of aromatic amines is 1. The van der Waals surface area contributed by atoms with Crippen LogP contribution in [-0.4, -0.2) is 21.9 Å². The summed E-state index contributed by atoms with van der Waals surface area (Å²) in [5, 5.41) is 6.66. The third-order valence-electron chi connectivity index (χ3n) is 2.66. The van der Waals surface area contributed by atoms with Gasteiger partial charge in [0.05, 0.1) is 17.7 Å².